The summed E-state index contributed by atoms with van der Waals surface area (Å²) in [6, 6.07) is 4.96. The Balaban J connectivity index is 2.34. The van der Waals surface area contributed by atoms with E-state index in [2.05, 4.69) is 0 Å². The van der Waals surface area contributed by atoms with Gasteiger partial charge in [-0.25, -0.2) is 8.42 Å². The van der Waals surface area contributed by atoms with Gasteiger partial charge in [-0.1, -0.05) is 24.1 Å². The fourth-order valence-electron chi connectivity index (χ4n) is 1.98. The highest BCUT2D eigenvalue weighted by Crippen LogP contribution is 2.31. The highest BCUT2D eigenvalue weighted by atomic mass is 35.5. The standard InChI is InChI=1S/C12H17ClN2O2S/c1-15(10-3-2-4-10)18(16,17)12-6-5-9(8-14)7-11(12)13/h5-7,10H,2-4,8,14H2,1H3. The molecule has 2 N–H and O–H groups in total. The molecule has 100 valence electrons. The van der Waals surface area contributed by atoms with Crippen LogP contribution in [0.25, 0.3) is 0 Å². The number of nitrogens with zero attached hydrogens (tertiary/aromatic N) is 1. The summed E-state index contributed by atoms with van der Waals surface area (Å²) in [5.41, 5.74) is 6.32. The summed E-state index contributed by atoms with van der Waals surface area (Å²) in [5.74, 6) is 0. The third kappa shape index (κ3) is 2.40. The molecule has 18 heavy (non-hydrogen) atoms. The van der Waals surface area contributed by atoms with Crippen molar-refractivity contribution >= 4 is 21.6 Å². The van der Waals surface area contributed by atoms with E-state index < -0.39 is 10.0 Å². The normalized spacial score (nSPS) is 16.9. The maximum Gasteiger partial charge on any atom is 0.244 e. The monoisotopic (exact) mass is 288 g/mol. The van der Waals surface area contributed by atoms with E-state index in [0.29, 0.717) is 6.54 Å². The smallest absolute Gasteiger partial charge is 0.244 e. The molecule has 0 amide bonds. The van der Waals surface area contributed by atoms with Crippen molar-refractivity contribution in [2.45, 2.75) is 36.7 Å². The lowest BCUT2D eigenvalue weighted by molar-refractivity contribution is 0.249. The molecule has 0 atom stereocenters. The van der Waals surface area contributed by atoms with Crippen LogP contribution in [-0.4, -0.2) is 25.8 Å². The molecule has 0 spiro atoms. The third-order valence-corrected chi connectivity index (χ3v) is 5.87. The molecule has 0 radical (unpaired) electrons. The molecular formula is C12H17ClN2O2S. The first kappa shape index (κ1) is 13.8. The van der Waals surface area contributed by atoms with E-state index in [0.717, 1.165) is 24.8 Å². The van der Waals surface area contributed by atoms with Gasteiger partial charge < -0.3 is 5.73 Å². The van der Waals surface area contributed by atoms with Crippen LogP contribution < -0.4 is 5.73 Å². The van der Waals surface area contributed by atoms with E-state index in [9.17, 15) is 8.42 Å². The summed E-state index contributed by atoms with van der Waals surface area (Å²) < 4.78 is 26.2. The average Bonchev–Trinajstić information content (AvgIpc) is 2.26. The second-order valence-corrected chi connectivity index (χ2v) is 6.95. The van der Waals surface area contributed by atoms with Crippen LogP contribution in [-0.2, 0) is 16.6 Å². The van der Waals surface area contributed by atoms with Crippen LogP contribution in [0.3, 0.4) is 0 Å². The number of benzene rings is 1. The lowest BCUT2D eigenvalue weighted by atomic mass is 9.94. The van der Waals surface area contributed by atoms with Gasteiger partial charge in [0, 0.05) is 19.6 Å². The number of halogens is 1. The first-order chi connectivity index (χ1) is 8.46. The summed E-state index contributed by atoms with van der Waals surface area (Å²) in [6.45, 7) is 0.346. The topological polar surface area (TPSA) is 63.4 Å². The van der Waals surface area contributed by atoms with Crippen molar-refractivity contribution in [3.05, 3.63) is 28.8 Å². The minimum Gasteiger partial charge on any atom is -0.326 e. The van der Waals surface area contributed by atoms with E-state index in [-0.39, 0.29) is 16.0 Å². The minimum atomic E-state index is -3.49. The molecule has 1 aromatic carbocycles. The molecule has 0 unspecified atom stereocenters. The molecular weight excluding hydrogens is 272 g/mol. The van der Waals surface area contributed by atoms with Crippen LogP contribution >= 0.6 is 11.6 Å². The second-order valence-electron chi connectivity index (χ2n) is 4.57. The molecule has 1 fully saturated rings. The van der Waals surface area contributed by atoms with Crippen LogP contribution in [0, 0.1) is 0 Å². The summed E-state index contributed by atoms with van der Waals surface area (Å²) in [5, 5.41) is 0.240. The summed E-state index contributed by atoms with van der Waals surface area (Å²) in [4.78, 5) is 0.163. The fraction of sp³-hybridized carbons (Fsp3) is 0.500. The zero-order chi connectivity index (χ0) is 13.3. The highest BCUT2D eigenvalue weighted by molar-refractivity contribution is 7.89. The number of nitrogens with two attached hydrogens (primary N) is 1. The Morgan fingerprint density at radius 1 is 1.44 bits per heavy atom. The lowest BCUT2D eigenvalue weighted by Gasteiger charge is -2.33. The van der Waals surface area contributed by atoms with Gasteiger partial charge in [0.05, 0.1) is 5.02 Å². The molecule has 6 heteroatoms. The Kier molecular flexibility index (Phi) is 3.96. The van der Waals surface area contributed by atoms with Gasteiger partial charge in [-0.15, -0.1) is 0 Å². The van der Waals surface area contributed by atoms with Crippen LogP contribution in [0.5, 0.6) is 0 Å². The summed E-state index contributed by atoms with van der Waals surface area (Å²) in [7, 11) is -1.88. The Bertz CT molecular complexity index is 541. The van der Waals surface area contributed by atoms with E-state index in [1.807, 2.05) is 0 Å². The van der Waals surface area contributed by atoms with Gasteiger partial charge in [0.15, 0.2) is 0 Å². The zero-order valence-electron chi connectivity index (χ0n) is 10.3. The minimum absolute atomic E-state index is 0.111. The van der Waals surface area contributed by atoms with Crippen LogP contribution in [0.2, 0.25) is 5.02 Å². The molecule has 0 saturated heterocycles. The molecule has 1 aliphatic carbocycles. The largest absolute Gasteiger partial charge is 0.326 e. The van der Waals surface area contributed by atoms with Gasteiger partial charge in [-0.05, 0) is 30.5 Å². The Hall–Kier alpha value is -0.620. The quantitative estimate of drug-likeness (QED) is 0.921. The molecule has 0 bridgehead atoms. The van der Waals surface area contributed by atoms with Gasteiger partial charge in [0.1, 0.15) is 4.90 Å². The summed E-state index contributed by atoms with van der Waals surface area (Å²) >= 11 is 6.04. The van der Waals surface area contributed by atoms with Gasteiger partial charge in [-0.3, -0.25) is 0 Å². The first-order valence-electron chi connectivity index (χ1n) is 5.93. The van der Waals surface area contributed by atoms with Gasteiger partial charge in [-0.2, -0.15) is 4.31 Å². The van der Waals surface area contributed by atoms with E-state index in [4.69, 9.17) is 17.3 Å². The maximum absolute atomic E-state index is 12.4. The molecule has 2 rings (SSSR count). The highest BCUT2D eigenvalue weighted by Gasteiger charge is 2.32. The van der Waals surface area contributed by atoms with Crippen LogP contribution in [0.15, 0.2) is 23.1 Å². The van der Waals surface area contributed by atoms with Gasteiger partial charge in [0.25, 0.3) is 0 Å². The second kappa shape index (κ2) is 5.17. The molecule has 0 heterocycles. The number of hydrogen-bond acceptors (Lipinski definition) is 3. The Labute approximate surface area is 113 Å². The maximum atomic E-state index is 12.4. The number of hydrogen-bond donors (Lipinski definition) is 1. The fourth-order valence-corrected chi connectivity index (χ4v) is 3.94. The molecule has 1 aromatic rings. The average molecular weight is 289 g/mol. The summed E-state index contributed by atoms with van der Waals surface area (Å²) in [6.07, 6.45) is 2.94. The first-order valence-corrected chi connectivity index (χ1v) is 7.75. The van der Waals surface area contributed by atoms with Crippen molar-refractivity contribution < 1.29 is 8.42 Å². The molecule has 0 aromatic heterocycles. The zero-order valence-corrected chi connectivity index (χ0v) is 11.8. The van der Waals surface area contributed by atoms with Crippen molar-refractivity contribution in [1.82, 2.24) is 4.31 Å². The van der Waals surface area contributed by atoms with E-state index in [1.54, 1.807) is 19.2 Å². The van der Waals surface area contributed by atoms with Gasteiger partial charge >= 0.3 is 0 Å². The van der Waals surface area contributed by atoms with E-state index >= 15 is 0 Å². The lowest BCUT2D eigenvalue weighted by Crippen LogP contribution is -2.41. The molecule has 1 saturated carbocycles. The van der Waals surface area contributed by atoms with E-state index in [1.165, 1.54) is 10.4 Å². The Morgan fingerprint density at radius 2 is 2.11 bits per heavy atom. The number of sulfonamides is 1. The van der Waals surface area contributed by atoms with Crippen molar-refractivity contribution in [2.75, 3.05) is 7.05 Å². The Morgan fingerprint density at radius 3 is 2.56 bits per heavy atom. The molecule has 4 nitrogen and oxygen atoms in total. The van der Waals surface area contributed by atoms with Gasteiger partial charge in [0.2, 0.25) is 10.0 Å². The van der Waals surface area contributed by atoms with Crippen LogP contribution in [0.1, 0.15) is 24.8 Å². The van der Waals surface area contributed by atoms with Crippen molar-refractivity contribution in [3.8, 4) is 0 Å². The SMILES string of the molecule is CN(C1CCC1)S(=O)(=O)c1ccc(CN)cc1Cl. The van der Waals surface area contributed by atoms with Crippen molar-refractivity contribution in [3.63, 3.8) is 0 Å². The predicted molar refractivity (Wildman–Crippen MR) is 71.9 cm³/mol. The van der Waals surface area contributed by atoms with Crippen molar-refractivity contribution in [1.29, 1.82) is 0 Å². The molecule has 0 aliphatic heterocycles. The van der Waals surface area contributed by atoms with Crippen LogP contribution in [0.4, 0.5) is 0 Å². The van der Waals surface area contributed by atoms with Crippen molar-refractivity contribution in [2.24, 2.45) is 5.73 Å². The number of rotatable bonds is 4. The third-order valence-electron chi connectivity index (χ3n) is 3.48. The predicted octanol–water partition coefficient (Wildman–Crippen LogP) is 1.97. The molecule has 1 aliphatic rings.